The summed E-state index contributed by atoms with van der Waals surface area (Å²) in [6.45, 7) is 2.27. The molecule has 0 spiro atoms. The van der Waals surface area contributed by atoms with Crippen LogP contribution in [0.3, 0.4) is 0 Å². The number of hydrogen-bond acceptors (Lipinski definition) is 2. The molecule has 0 saturated carbocycles. The lowest BCUT2D eigenvalue weighted by Crippen LogP contribution is -2.20. The van der Waals surface area contributed by atoms with Crippen LogP contribution in [0.4, 0.5) is 20.6 Å². The van der Waals surface area contributed by atoms with Crippen LogP contribution in [0.25, 0.3) is 0 Å². The minimum Gasteiger partial charge on any atom is -0.326 e. The van der Waals surface area contributed by atoms with Crippen molar-refractivity contribution in [2.24, 2.45) is 5.73 Å². The number of anilines is 2. The third-order valence-corrected chi connectivity index (χ3v) is 2.91. The van der Waals surface area contributed by atoms with Gasteiger partial charge in [0, 0.05) is 12.2 Å². The summed E-state index contributed by atoms with van der Waals surface area (Å²) in [5.74, 6) is -0.477. The van der Waals surface area contributed by atoms with Crippen molar-refractivity contribution < 1.29 is 9.18 Å². The number of urea groups is 1. The van der Waals surface area contributed by atoms with E-state index in [0.717, 1.165) is 11.1 Å². The molecule has 2 amide bonds. The number of benzene rings is 2. The Morgan fingerprint density at radius 3 is 2.55 bits per heavy atom. The van der Waals surface area contributed by atoms with Crippen LogP contribution in [0.1, 0.15) is 11.1 Å². The first-order valence-electron chi connectivity index (χ1n) is 6.22. The number of halogens is 1. The second-order valence-electron chi connectivity index (χ2n) is 4.41. The highest BCUT2D eigenvalue weighted by Gasteiger charge is 2.08. The number of amides is 2. The van der Waals surface area contributed by atoms with Crippen molar-refractivity contribution in [2.45, 2.75) is 13.5 Å². The summed E-state index contributed by atoms with van der Waals surface area (Å²) in [6.07, 6.45) is 0. The van der Waals surface area contributed by atoms with E-state index >= 15 is 0 Å². The Balaban J connectivity index is 2.10. The second kappa shape index (κ2) is 6.16. The normalized spacial score (nSPS) is 10.2. The van der Waals surface area contributed by atoms with E-state index in [9.17, 15) is 9.18 Å². The highest BCUT2D eigenvalue weighted by atomic mass is 19.1. The van der Waals surface area contributed by atoms with E-state index in [0.29, 0.717) is 12.2 Å². The van der Waals surface area contributed by atoms with Crippen molar-refractivity contribution in [3.05, 3.63) is 59.4 Å². The van der Waals surface area contributed by atoms with Crippen LogP contribution in [-0.2, 0) is 6.54 Å². The zero-order valence-electron chi connectivity index (χ0n) is 11.1. The second-order valence-corrected chi connectivity index (χ2v) is 4.41. The Hall–Kier alpha value is -2.40. The zero-order valence-corrected chi connectivity index (χ0v) is 11.1. The molecule has 0 aromatic heterocycles. The Morgan fingerprint density at radius 2 is 1.85 bits per heavy atom. The number of carbonyl (C=O) groups is 1. The summed E-state index contributed by atoms with van der Waals surface area (Å²) in [5, 5.41) is 5.16. The molecule has 0 aliphatic heterocycles. The molecule has 0 fully saturated rings. The summed E-state index contributed by atoms with van der Waals surface area (Å²) < 4.78 is 13.4. The zero-order chi connectivity index (χ0) is 14.5. The first kappa shape index (κ1) is 14.0. The number of carbonyl (C=O) groups excluding carboxylic acids is 1. The molecule has 104 valence electrons. The van der Waals surface area contributed by atoms with E-state index in [2.05, 4.69) is 10.6 Å². The summed E-state index contributed by atoms with van der Waals surface area (Å²) in [5.41, 5.74) is 8.18. The molecule has 0 saturated heterocycles. The SMILES string of the molecule is Cc1ccc(CN)cc1NC(=O)Nc1ccccc1F. The first-order valence-corrected chi connectivity index (χ1v) is 6.22. The van der Waals surface area contributed by atoms with Crippen molar-refractivity contribution >= 4 is 17.4 Å². The molecule has 0 radical (unpaired) electrons. The highest BCUT2D eigenvalue weighted by Crippen LogP contribution is 2.18. The van der Waals surface area contributed by atoms with Gasteiger partial charge < -0.3 is 16.4 Å². The number of para-hydroxylation sites is 1. The van der Waals surface area contributed by atoms with Gasteiger partial charge in [0.25, 0.3) is 0 Å². The summed E-state index contributed by atoms with van der Waals surface area (Å²) in [4.78, 5) is 11.9. The molecular weight excluding hydrogens is 257 g/mol. The van der Waals surface area contributed by atoms with Gasteiger partial charge in [0.05, 0.1) is 5.69 Å². The van der Waals surface area contributed by atoms with Gasteiger partial charge in [0.2, 0.25) is 0 Å². The average molecular weight is 273 g/mol. The fourth-order valence-corrected chi connectivity index (χ4v) is 1.77. The fourth-order valence-electron chi connectivity index (χ4n) is 1.77. The predicted molar refractivity (Wildman–Crippen MR) is 78.1 cm³/mol. The largest absolute Gasteiger partial charge is 0.326 e. The molecule has 4 nitrogen and oxygen atoms in total. The quantitative estimate of drug-likeness (QED) is 0.803. The molecule has 0 unspecified atom stereocenters. The summed E-state index contributed by atoms with van der Waals surface area (Å²) >= 11 is 0. The molecule has 0 atom stereocenters. The predicted octanol–water partition coefficient (Wildman–Crippen LogP) is 3.24. The number of nitrogens with one attached hydrogen (secondary N) is 2. The van der Waals surface area contributed by atoms with Gasteiger partial charge in [-0.15, -0.1) is 0 Å². The van der Waals surface area contributed by atoms with Gasteiger partial charge in [-0.25, -0.2) is 9.18 Å². The average Bonchev–Trinajstić information content (AvgIpc) is 2.44. The summed E-state index contributed by atoms with van der Waals surface area (Å²) in [6, 6.07) is 11.1. The molecule has 2 aromatic rings. The maximum Gasteiger partial charge on any atom is 0.323 e. The van der Waals surface area contributed by atoms with Gasteiger partial charge in [0.15, 0.2) is 0 Å². The van der Waals surface area contributed by atoms with Crippen LogP contribution in [0.5, 0.6) is 0 Å². The van der Waals surface area contributed by atoms with Gasteiger partial charge in [-0.3, -0.25) is 0 Å². The van der Waals surface area contributed by atoms with Gasteiger partial charge in [0.1, 0.15) is 5.82 Å². The monoisotopic (exact) mass is 273 g/mol. The van der Waals surface area contributed by atoms with E-state index in [-0.39, 0.29) is 5.69 Å². The molecule has 5 heteroatoms. The fraction of sp³-hybridized carbons (Fsp3) is 0.133. The van der Waals surface area contributed by atoms with E-state index in [1.54, 1.807) is 18.2 Å². The first-order chi connectivity index (χ1) is 9.60. The van der Waals surface area contributed by atoms with Crippen molar-refractivity contribution in [3.63, 3.8) is 0 Å². The van der Waals surface area contributed by atoms with E-state index in [1.165, 1.54) is 12.1 Å². The smallest absolute Gasteiger partial charge is 0.323 e. The van der Waals surface area contributed by atoms with Crippen molar-refractivity contribution in [3.8, 4) is 0 Å². The molecule has 2 rings (SSSR count). The third-order valence-electron chi connectivity index (χ3n) is 2.91. The molecule has 0 heterocycles. The van der Waals surface area contributed by atoms with E-state index in [4.69, 9.17) is 5.73 Å². The Labute approximate surface area is 116 Å². The van der Waals surface area contributed by atoms with Crippen LogP contribution >= 0.6 is 0 Å². The standard InChI is InChI=1S/C15H16FN3O/c1-10-6-7-11(9-17)8-14(10)19-15(20)18-13-5-3-2-4-12(13)16/h2-8H,9,17H2,1H3,(H2,18,19,20). The minimum absolute atomic E-state index is 0.137. The molecule has 0 aliphatic carbocycles. The summed E-state index contributed by atoms with van der Waals surface area (Å²) in [7, 11) is 0. The minimum atomic E-state index is -0.493. The van der Waals surface area contributed by atoms with Crippen LogP contribution < -0.4 is 16.4 Å². The lowest BCUT2D eigenvalue weighted by Gasteiger charge is -2.11. The number of aryl methyl sites for hydroxylation is 1. The number of nitrogens with two attached hydrogens (primary N) is 1. The Kier molecular flexibility index (Phi) is 4.32. The Bertz CT molecular complexity index is 628. The van der Waals surface area contributed by atoms with Gasteiger partial charge >= 0.3 is 6.03 Å². The molecule has 0 aliphatic rings. The van der Waals surface area contributed by atoms with Crippen molar-refractivity contribution in [2.75, 3.05) is 10.6 Å². The highest BCUT2D eigenvalue weighted by molar-refractivity contribution is 6.00. The molecule has 4 N–H and O–H groups in total. The number of rotatable bonds is 3. The topological polar surface area (TPSA) is 67.1 Å². The maximum absolute atomic E-state index is 13.4. The lowest BCUT2D eigenvalue weighted by molar-refractivity contribution is 0.262. The number of hydrogen-bond donors (Lipinski definition) is 3. The lowest BCUT2D eigenvalue weighted by atomic mass is 10.1. The van der Waals surface area contributed by atoms with Crippen LogP contribution in [-0.4, -0.2) is 6.03 Å². The van der Waals surface area contributed by atoms with Gasteiger partial charge in [-0.1, -0.05) is 24.3 Å². The molecular formula is C15H16FN3O. The maximum atomic E-state index is 13.4. The van der Waals surface area contributed by atoms with Crippen LogP contribution in [0.2, 0.25) is 0 Å². The van der Waals surface area contributed by atoms with Crippen LogP contribution in [0, 0.1) is 12.7 Å². The van der Waals surface area contributed by atoms with Gasteiger partial charge in [-0.2, -0.15) is 0 Å². The molecule has 20 heavy (non-hydrogen) atoms. The molecule has 2 aromatic carbocycles. The van der Waals surface area contributed by atoms with E-state index in [1.807, 2.05) is 19.1 Å². The van der Waals surface area contributed by atoms with Crippen molar-refractivity contribution in [1.82, 2.24) is 0 Å². The van der Waals surface area contributed by atoms with E-state index < -0.39 is 11.8 Å². The van der Waals surface area contributed by atoms with Crippen molar-refractivity contribution in [1.29, 1.82) is 0 Å². The van der Waals surface area contributed by atoms with Gasteiger partial charge in [-0.05, 0) is 36.2 Å². The molecule has 0 bridgehead atoms. The Morgan fingerprint density at radius 1 is 1.15 bits per heavy atom. The van der Waals surface area contributed by atoms with Crippen LogP contribution in [0.15, 0.2) is 42.5 Å². The third kappa shape index (κ3) is 3.33.